The molecule has 1 fully saturated rings. The van der Waals surface area contributed by atoms with Gasteiger partial charge in [-0.25, -0.2) is 0 Å². The van der Waals surface area contributed by atoms with Gasteiger partial charge in [-0.05, 0) is 48.5 Å². The van der Waals surface area contributed by atoms with Gasteiger partial charge in [0.1, 0.15) is 0 Å². The molecule has 1 saturated carbocycles. The fourth-order valence-electron chi connectivity index (χ4n) is 3.38. The zero-order valence-corrected chi connectivity index (χ0v) is 15.0. The first-order chi connectivity index (χ1) is 10.1. The van der Waals surface area contributed by atoms with Crippen LogP contribution < -0.4 is 0 Å². The Morgan fingerprint density at radius 2 is 1.71 bits per heavy atom. The Hall–Kier alpha value is -0.430. The van der Waals surface area contributed by atoms with E-state index in [1.807, 2.05) is 0 Å². The third-order valence-corrected chi connectivity index (χ3v) is 6.10. The zero-order chi connectivity index (χ0) is 15.1. The van der Waals surface area contributed by atoms with Crippen molar-refractivity contribution in [3.8, 4) is 0 Å². The van der Waals surface area contributed by atoms with Crippen molar-refractivity contribution in [1.29, 1.82) is 0 Å². The quantitative estimate of drug-likeness (QED) is 0.512. The number of hydrogen-bond acceptors (Lipinski definition) is 1. The molecule has 0 bridgehead atoms. The monoisotopic (exact) mass is 304 g/mol. The number of thioether (sulfide) groups is 1. The van der Waals surface area contributed by atoms with Crippen molar-refractivity contribution in [2.45, 2.75) is 82.8 Å². The van der Waals surface area contributed by atoms with E-state index in [1.165, 1.54) is 62.7 Å². The van der Waals surface area contributed by atoms with E-state index < -0.39 is 0 Å². The van der Waals surface area contributed by atoms with Crippen LogP contribution >= 0.6 is 11.8 Å². The van der Waals surface area contributed by atoms with Crippen LogP contribution in [0.25, 0.3) is 0 Å². The molecule has 1 aliphatic rings. The Morgan fingerprint density at radius 1 is 1.05 bits per heavy atom. The van der Waals surface area contributed by atoms with Crippen molar-refractivity contribution in [3.05, 3.63) is 35.4 Å². The van der Waals surface area contributed by atoms with Gasteiger partial charge in [-0.1, -0.05) is 70.7 Å². The highest BCUT2D eigenvalue weighted by Crippen LogP contribution is 2.34. The van der Waals surface area contributed by atoms with Crippen molar-refractivity contribution in [2.75, 3.05) is 5.75 Å². The molecule has 0 N–H and O–H groups in total. The summed E-state index contributed by atoms with van der Waals surface area (Å²) >= 11 is 2.13. The molecule has 0 aromatic heterocycles. The van der Waals surface area contributed by atoms with Gasteiger partial charge >= 0.3 is 0 Å². The maximum Gasteiger partial charge on any atom is 0.0144 e. The van der Waals surface area contributed by atoms with Crippen LogP contribution in [0.5, 0.6) is 0 Å². The van der Waals surface area contributed by atoms with Crippen LogP contribution in [-0.4, -0.2) is 10.5 Å². The average Bonchev–Trinajstić information content (AvgIpc) is 2.49. The molecular weight excluding hydrogens is 272 g/mol. The third-order valence-electron chi connectivity index (χ3n) is 4.68. The van der Waals surface area contributed by atoms with Crippen LogP contribution in [0.1, 0.15) is 82.8 Å². The van der Waals surface area contributed by atoms with E-state index >= 15 is 0 Å². The summed E-state index contributed by atoms with van der Waals surface area (Å²) in [7, 11) is 0. The number of benzene rings is 1. The molecule has 1 aromatic carbocycles. The Bertz CT molecular complexity index is 398. The van der Waals surface area contributed by atoms with E-state index in [-0.39, 0.29) is 0 Å². The zero-order valence-electron chi connectivity index (χ0n) is 14.2. The highest BCUT2D eigenvalue weighted by molar-refractivity contribution is 8.00. The minimum Gasteiger partial charge on any atom is -0.155 e. The van der Waals surface area contributed by atoms with Crippen LogP contribution in [0.4, 0.5) is 0 Å². The SMILES string of the molecule is CCCCSC(C)(C)Cc1ccc(C2CCCCC2)cc1. The largest absolute Gasteiger partial charge is 0.155 e. The van der Waals surface area contributed by atoms with E-state index in [0.29, 0.717) is 4.75 Å². The fourth-order valence-corrected chi connectivity index (χ4v) is 4.63. The molecule has 1 aromatic rings. The summed E-state index contributed by atoms with van der Waals surface area (Å²) in [6.07, 6.45) is 10.9. The Balaban J connectivity index is 1.89. The van der Waals surface area contributed by atoms with Gasteiger partial charge in [-0.15, -0.1) is 0 Å². The Kier molecular flexibility index (Phi) is 6.67. The Morgan fingerprint density at radius 3 is 2.33 bits per heavy atom. The van der Waals surface area contributed by atoms with E-state index in [2.05, 4.69) is 56.8 Å². The van der Waals surface area contributed by atoms with Crippen molar-refractivity contribution in [3.63, 3.8) is 0 Å². The molecule has 0 atom stereocenters. The summed E-state index contributed by atoms with van der Waals surface area (Å²) < 4.78 is 0.363. The highest BCUT2D eigenvalue weighted by Gasteiger charge is 2.19. The number of rotatable bonds is 7. The van der Waals surface area contributed by atoms with Crippen molar-refractivity contribution >= 4 is 11.8 Å². The van der Waals surface area contributed by atoms with Gasteiger partial charge in [0.05, 0.1) is 0 Å². The van der Waals surface area contributed by atoms with E-state index in [4.69, 9.17) is 0 Å². The third kappa shape index (κ3) is 5.70. The van der Waals surface area contributed by atoms with Crippen LogP contribution in [-0.2, 0) is 6.42 Å². The van der Waals surface area contributed by atoms with E-state index in [0.717, 1.165) is 5.92 Å². The first-order valence-corrected chi connectivity index (χ1v) is 9.82. The van der Waals surface area contributed by atoms with Crippen molar-refractivity contribution in [2.24, 2.45) is 0 Å². The van der Waals surface area contributed by atoms with Crippen LogP contribution in [0.2, 0.25) is 0 Å². The number of hydrogen-bond donors (Lipinski definition) is 0. The summed E-state index contributed by atoms with van der Waals surface area (Å²) in [5.74, 6) is 2.13. The van der Waals surface area contributed by atoms with Gasteiger partial charge in [0.2, 0.25) is 0 Å². The van der Waals surface area contributed by atoms with Crippen LogP contribution in [0.15, 0.2) is 24.3 Å². The predicted octanol–water partition coefficient (Wildman–Crippen LogP) is 6.59. The lowest BCUT2D eigenvalue weighted by Crippen LogP contribution is -2.19. The fraction of sp³-hybridized carbons (Fsp3) is 0.700. The smallest absolute Gasteiger partial charge is 0.0144 e. The maximum absolute atomic E-state index is 2.40. The van der Waals surface area contributed by atoms with Gasteiger partial charge in [0.25, 0.3) is 0 Å². The van der Waals surface area contributed by atoms with E-state index in [9.17, 15) is 0 Å². The molecule has 1 heteroatoms. The molecule has 0 radical (unpaired) electrons. The van der Waals surface area contributed by atoms with Gasteiger partial charge < -0.3 is 0 Å². The van der Waals surface area contributed by atoms with Crippen LogP contribution in [0.3, 0.4) is 0 Å². The average molecular weight is 305 g/mol. The summed E-state index contributed by atoms with van der Waals surface area (Å²) in [5, 5.41) is 0. The minimum absolute atomic E-state index is 0.363. The van der Waals surface area contributed by atoms with Gasteiger partial charge in [0.15, 0.2) is 0 Å². The van der Waals surface area contributed by atoms with Crippen molar-refractivity contribution < 1.29 is 0 Å². The summed E-state index contributed by atoms with van der Waals surface area (Å²) in [6.45, 7) is 7.06. The van der Waals surface area contributed by atoms with Crippen LogP contribution in [0, 0.1) is 0 Å². The Labute approximate surface area is 136 Å². The molecule has 2 rings (SSSR count). The topological polar surface area (TPSA) is 0 Å². The van der Waals surface area contributed by atoms with Gasteiger partial charge in [-0.3, -0.25) is 0 Å². The lowest BCUT2D eigenvalue weighted by atomic mass is 9.83. The summed E-state index contributed by atoms with van der Waals surface area (Å²) in [6, 6.07) is 9.56. The first kappa shape index (κ1) is 16.9. The molecule has 0 nitrogen and oxygen atoms in total. The number of unbranched alkanes of at least 4 members (excludes halogenated alkanes) is 1. The maximum atomic E-state index is 2.40. The molecule has 1 aliphatic carbocycles. The molecule has 118 valence electrons. The van der Waals surface area contributed by atoms with Crippen molar-refractivity contribution in [1.82, 2.24) is 0 Å². The second kappa shape index (κ2) is 8.27. The molecule has 0 heterocycles. The van der Waals surface area contributed by atoms with E-state index in [1.54, 1.807) is 5.56 Å². The molecule has 0 aliphatic heterocycles. The second-order valence-corrected chi connectivity index (χ2v) is 9.02. The van der Waals surface area contributed by atoms with Gasteiger partial charge in [-0.2, -0.15) is 11.8 Å². The highest BCUT2D eigenvalue weighted by atomic mass is 32.2. The molecule has 0 saturated heterocycles. The second-order valence-electron chi connectivity index (χ2n) is 7.21. The lowest BCUT2D eigenvalue weighted by Gasteiger charge is -2.25. The predicted molar refractivity (Wildman–Crippen MR) is 97.4 cm³/mol. The standard InChI is InChI=1S/C20H32S/c1-4-5-15-21-20(2,3)16-17-11-13-19(14-12-17)18-9-7-6-8-10-18/h11-14,18H,4-10,15-16H2,1-3H3. The summed E-state index contributed by atoms with van der Waals surface area (Å²) in [4.78, 5) is 0. The molecule has 0 spiro atoms. The normalized spacial score (nSPS) is 17.1. The van der Waals surface area contributed by atoms with Gasteiger partial charge in [0, 0.05) is 4.75 Å². The minimum atomic E-state index is 0.363. The molecule has 0 amide bonds. The molecule has 21 heavy (non-hydrogen) atoms. The molecular formula is C20H32S. The lowest BCUT2D eigenvalue weighted by molar-refractivity contribution is 0.443. The summed E-state index contributed by atoms with van der Waals surface area (Å²) in [5.41, 5.74) is 3.08. The molecule has 0 unspecified atom stereocenters. The first-order valence-electron chi connectivity index (χ1n) is 8.83.